The average molecular weight is 332 g/mol. The Morgan fingerprint density at radius 2 is 2.04 bits per heavy atom. The number of H-pyrrole nitrogens is 1. The number of aryl methyl sites for hydroxylation is 1. The summed E-state index contributed by atoms with van der Waals surface area (Å²) in [5, 5.41) is 0.957. The third-order valence-corrected chi connectivity index (χ3v) is 4.26. The van der Waals surface area contributed by atoms with Crippen LogP contribution in [0.2, 0.25) is 0 Å². The molecule has 0 saturated heterocycles. The van der Waals surface area contributed by atoms with Crippen LogP contribution in [0.4, 0.5) is 13.2 Å². The number of alkyl halides is 3. The number of hydrogen-bond donors (Lipinski definition) is 1. The van der Waals surface area contributed by atoms with E-state index in [0.717, 1.165) is 29.1 Å². The van der Waals surface area contributed by atoms with Gasteiger partial charge in [-0.25, -0.2) is 0 Å². The Labute approximate surface area is 136 Å². The topological polar surface area (TPSA) is 37.9 Å². The van der Waals surface area contributed by atoms with Gasteiger partial charge in [-0.15, -0.1) is 0 Å². The first-order chi connectivity index (χ1) is 11.4. The quantitative estimate of drug-likeness (QED) is 0.692. The zero-order valence-electron chi connectivity index (χ0n) is 13.0. The number of aromatic amines is 1. The first-order valence-electron chi connectivity index (χ1n) is 7.71. The molecule has 1 aromatic carbocycles. The van der Waals surface area contributed by atoms with Gasteiger partial charge in [0, 0.05) is 22.2 Å². The summed E-state index contributed by atoms with van der Waals surface area (Å²) in [6.45, 7) is 2.78. The Kier molecular flexibility index (Phi) is 3.38. The normalized spacial score (nSPS) is 15.9. The van der Waals surface area contributed by atoms with Crippen LogP contribution in [-0.4, -0.2) is 23.2 Å². The van der Waals surface area contributed by atoms with E-state index in [1.807, 2.05) is 6.07 Å². The zero-order chi connectivity index (χ0) is 16.9. The van der Waals surface area contributed by atoms with E-state index in [1.54, 1.807) is 13.0 Å². The molecule has 0 spiro atoms. The van der Waals surface area contributed by atoms with Gasteiger partial charge in [-0.1, -0.05) is 18.2 Å². The fraction of sp³-hybridized carbons (Fsp3) is 0.278. The fourth-order valence-electron chi connectivity index (χ4n) is 3.17. The number of ether oxygens (including phenoxy) is 1. The molecule has 3 nitrogen and oxygen atoms in total. The van der Waals surface area contributed by atoms with Crippen molar-refractivity contribution in [2.24, 2.45) is 0 Å². The lowest BCUT2D eigenvalue weighted by atomic mass is 10.1. The van der Waals surface area contributed by atoms with Gasteiger partial charge in [-0.2, -0.15) is 13.2 Å². The lowest BCUT2D eigenvalue weighted by Gasteiger charge is -2.12. The Hall–Kier alpha value is -2.34. The van der Waals surface area contributed by atoms with E-state index >= 15 is 0 Å². The van der Waals surface area contributed by atoms with Crippen LogP contribution >= 0.6 is 0 Å². The number of halogens is 3. The Morgan fingerprint density at radius 1 is 1.21 bits per heavy atom. The maximum atomic E-state index is 13.3. The smallest absolute Gasteiger partial charge is 0.376 e. The molecule has 0 saturated carbocycles. The van der Waals surface area contributed by atoms with Crippen molar-refractivity contribution in [1.82, 2.24) is 9.97 Å². The fourth-order valence-corrected chi connectivity index (χ4v) is 3.17. The lowest BCUT2D eigenvalue weighted by Crippen LogP contribution is -2.07. The molecular formula is C18H15F3N2O. The molecule has 3 aromatic rings. The molecule has 0 aliphatic carbocycles. The van der Waals surface area contributed by atoms with Gasteiger partial charge < -0.3 is 9.72 Å². The van der Waals surface area contributed by atoms with Crippen LogP contribution in [-0.2, 0) is 10.9 Å². The van der Waals surface area contributed by atoms with Crippen molar-refractivity contribution < 1.29 is 17.9 Å². The van der Waals surface area contributed by atoms with Gasteiger partial charge in [-0.3, -0.25) is 4.98 Å². The molecule has 0 amide bonds. The van der Waals surface area contributed by atoms with Gasteiger partial charge >= 0.3 is 6.18 Å². The van der Waals surface area contributed by atoms with E-state index in [2.05, 4.69) is 16.0 Å². The summed E-state index contributed by atoms with van der Waals surface area (Å²) < 4.78 is 45.4. The number of nitrogens with zero attached hydrogens (tertiary/aromatic N) is 1. The van der Waals surface area contributed by atoms with Crippen LogP contribution in [0.3, 0.4) is 0 Å². The average Bonchev–Trinajstić information content (AvgIpc) is 2.99. The summed E-state index contributed by atoms with van der Waals surface area (Å²) in [7, 11) is 0. The zero-order valence-corrected chi connectivity index (χ0v) is 13.0. The molecule has 2 aromatic heterocycles. The molecular weight excluding hydrogens is 317 g/mol. The lowest BCUT2D eigenvalue weighted by molar-refractivity contribution is -0.136. The first-order valence-corrected chi connectivity index (χ1v) is 7.71. The van der Waals surface area contributed by atoms with Crippen molar-refractivity contribution in [3.05, 3.63) is 47.3 Å². The Bertz CT molecular complexity index is 970. The standard InChI is InChI=1S/C18H15F3N2O/c1-10-7-14(18(19,20)21)13-5-4-11-8-15(12-3-2-6-24-9-12)23-16(11)17(13)22-10/h3-5,7-8,23H,2,6,9H2,1H3. The minimum Gasteiger partial charge on any atom is -0.376 e. The number of fused-ring (bicyclic) bond motifs is 3. The highest BCUT2D eigenvalue weighted by atomic mass is 19.4. The highest BCUT2D eigenvalue weighted by molar-refractivity contribution is 6.05. The maximum absolute atomic E-state index is 13.3. The van der Waals surface area contributed by atoms with Crippen molar-refractivity contribution in [1.29, 1.82) is 0 Å². The van der Waals surface area contributed by atoms with Crippen molar-refractivity contribution in [3.63, 3.8) is 0 Å². The van der Waals surface area contributed by atoms with Crippen LogP contribution in [0.25, 0.3) is 27.4 Å². The predicted octanol–water partition coefficient (Wildman–Crippen LogP) is 4.85. The predicted molar refractivity (Wildman–Crippen MR) is 86.8 cm³/mol. The summed E-state index contributed by atoms with van der Waals surface area (Å²) in [5.74, 6) is 0. The van der Waals surface area contributed by atoms with Gasteiger partial charge in [0.15, 0.2) is 0 Å². The minimum absolute atomic E-state index is 0.114. The molecule has 1 aliphatic rings. The van der Waals surface area contributed by atoms with Gasteiger partial charge in [0.1, 0.15) is 0 Å². The van der Waals surface area contributed by atoms with E-state index in [-0.39, 0.29) is 5.39 Å². The second kappa shape index (κ2) is 5.34. The SMILES string of the molecule is Cc1cc(C(F)(F)F)c2ccc3cc(C4=CCCOC4)[nH]c3c2n1. The molecule has 3 heterocycles. The third-order valence-electron chi connectivity index (χ3n) is 4.26. The number of aromatic nitrogens is 2. The second-order valence-corrected chi connectivity index (χ2v) is 5.99. The molecule has 0 unspecified atom stereocenters. The Morgan fingerprint density at radius 3 is 2.75 bits per heavy atom. The van der Waals surface area contributed by atoms with Gasteiger partial charge in [0.25, 0.3) is 0 Å². The summed E-state index contributed by atoms with van der Waals surface area (Å²) >= 11 is 0. The maximum Gasteiger partial charge on any atom is 0.417 e. The van der Waals surface area contributed by atoms with Gasteiger partial charge in [0.2, 0.25) is 0 Å². The number of nitrogens with one attached hydrogen (secondary N) is 1. The van der Waals surface area contributed by atoms with E-state index < -0.39 is 11.7 Å². The molecule has 1 N–H and O–H groups in total. The second-order valence-electron chi connectivity index (χ2n) is 5.99. The number of benzene rings is 1. The molecule has 1 aliphatic heterocycles. The van der Waals surface area contributed by atoms with Crippen LogP contribution in [0, 0.1) is 6.92 Å². The first kappa shape index (κ1) is 15.2. The van der Waals surface area contributed by atoms with E-state index in [9.17, 15) is 13.2 Å². The molecule has 4 rings (SSSR count). The molecule has 0 atom stereocenters. The van der Waals surface area contributed by atoms with Crippen LogP contribution in [0.1, 0.15) is 23.4 Å². The molecule has 0 radical (unpaired) electrons. The van der Waals surface area contributed by atoms with Crippen LogP contribution in [0.15, 0.2) is 30.3 Å². The van der Waals surface area contributed by atoms with Gasteiger partial charge in [0.05, 0.1) is 29.8 Å². The minimum atomic E-state index is -4.41. The van der Waals surface area contributed by atoms with Crippen molar-refractivity contribution >= 4 is 27.4 Å². The summed E-state index contributed by atoms with van der Waals surface area (Å²) in [4.78, 5) is 7.59. The Balaban J connectivity index is 1.99. The number of rotatable bonds is 1. The number of hydrogen-bond acceptors (Lipinski definition) is 2. The molecule has 24 heavy (non-hydrogen) atoms. The summed E-state index contributed by atoms with van der Waals surface area (Å²) in [6.07, 6.45) is -1.48. The van der Waals surface area contributed by atoms with Crippen molar-refractivity contribution in [3.8, 4) is 0 Å². The van der Waals surface area contributed by atoms with E-state index in [1.165, 1.54) is 6.07 Å². The monoisotopic (exact) mass is 332 g/mol. The molecule has 124 valence electrons. The molecule has 6 heteroatoms. The van der Waals surface area contributed by atoms with Crippen LogP contribution in [0.5, 0.6) is 0 Å². The third kappa shape index (κ3) is 2.47. The van der Waals surface area contributed by atoms with Crippen molar-refractivity contribution in [2.45, 2.75) is 19.5 Å². The highest BCUT2D eigenvalue weighted by Gasteiger charge is 2.33. The van der Waals surface area contributed by atoms with Gasteiger partial charge in [-0.05, 0) is 31.1 Å². The van der Waals surface area contributed by atoms with Crippen molar-refractivity contribution in [2.75, 3.05) is 13.2 Å². The van der Waals surface area contributed by atoms with E-state index in [4.69, 9.17) is 4.74 Å². The molecule has 0 bridgehead atoms. The number of pyridine rings is 1. The van der Waals surface area contributed by atoms with Crippen LogP contribution < -0.4 is 0 Å². The van der Waals surface area contributed by atoms with E-state index in [0.29, 0.717) is 29.9 Å². The molecule has 0 fully saturated rings. The largest absolute Gasteiger partial charge is 0.417 e. The summed E-state index contributed by atoms with van der Waals surface area (Å²) in [6, 6.07) is 6.23. The highest BCUT2D eigenvalue weighted by Crippen LogP contribution is 2.37. The summed E-state index contributed by atoms with van der Waals surface area (Å²) in [5.41, 5.74) is 2.57.